The second kappa shape index (κ2) is 8.14. The maximum absolute atomic E-state index is 13.0. The summed E-state index contributed by atoms with van der Waals surface area (Å²) in [5.41, 5.74) is 0.897. The number of methoxy groups -OCH3 is 2. The van der Waals surface area contributed by atoms with Crippen LogP contribution >= 0.6 is 0 Å². The third kappa shape index (κ3) is 3.99. The van der Waals surface area contributed by atoms with Crippen molar-refractivity contribution in [3.8, 4) is 11.5 Å². The van der Waals surface area contributed by atoms with Crippen molar-refractivity contribution < 1.29 is 22.7 Å². The number of ether oxygens (including phenoxy) is 2. The normalized spacial score (nSPS) is 10.9. The lowest BCUT2D eigenvalue weighted by molar-refractivity contribution is 0.103. The number of nitrogens with one attached hydrogen (secondary N) is 1. The first kappa shape index (κ1) is 19.4. The third-order valence-electron chi connectivity index (χ3n) is 4.11. The standard InChI is InChI=1S/C21H19NO5S/c1-26-16-12-13-19(27-2)20(14-16)28(24,25)22-18-11-7-6-10-17(18)21(23)15-8-4-3-5-9-15/h3-14,22H,1-2H3. The smallest absolute Gasteiger partial charge is 0.265 e. The van der Waals surface area contributed by atoms with Crippen molar-refractivity contribution in [2.45, 2.75) is 4.90 Å². The Morgan fingerprint density at radius 3 is 2.21 bits per heavy atom. The molecule has 0 aromatic heterocycles. The van der Waals surface area contributed by atoms with E-state index in [0.29, 0.717) is 11.3 Å². The molecule has 0 atom stereocenters. The van der Waals surface area contributed by atoms with Crippen LogP contribution in [-0.2, 0) is 10.0 Å². The van der Waals surface area contributed by atoms with Crippen LogP contribution in [0.1, 0.15) is 15.9 Å². The molecule has 1 N–H and O–H groups in total. The quantitative estimate of drug-likeness (QED) is 0.614. The Bertz CT molecular complexity index is 1090. The van der Waals surface area contributed by atoms with Crippen LogP contribution in [0.5, 0.6) is 11.5 Å². The molecule has 7 heteroatoms. The molecule has 0 heterocycles. The van der Waals surface area contributed by atoms with Crippen molar-refractivity contribution in [1.29, 1.82) is 0 Å². The molecule has 144 valence electrons. The summed E-state index contributed by atoms with van der Waals surface area (Å²) in [6, 6.07) is 19.6. The van der Waals surface area contributed by atoms with Crippen molar-refractivity contribution in [3.05, 3.63) is 83.9 Å². The van der Waals surface area contributed by atoms with Crippen molar-refractivity contribution in [2.75, 3.05) is 18.9 Å². The predicted octanol–water partition coefficient (Wildman–Crippen LogP) is 3.74. The summed E-state index contributed by atoms with van der Waals surface area (Å²) in [7, 11) is -1.21. The van der Waals surface area contributed by atoms with Gasteiger partial charge in [-0.25, -0.2) is 8.42 Å². The Morgan fingerprint density at radius 2 is 1.54 bits per heavy atom. The minimum atomic E-state index is -4.03. The second-order valence-corrected chi connectivity index (χ2v) is 7.51. The molecule has 3 aromatic carbocycles. The number of ketones is 1. The minimum absolute atomic E-state index is 0.0867. The van der Waals surface area contributed by atoms with Gasteiger partial charge in [0, 0.05) is 17.2 Å². The zero-order valence-electron chi connectivity index (χ0n) is 15.4. The highest BCUT2D eigenvalue weighted by molar-refractivity contribution is 7.92. The van der Waals surface area contributed by atoms with E-state index in [2.05, 4.69) is 4.72 Å². The molecule has 3 aromatic rings. The Morgan fingerprint density at radius 1 is 0.857 bits per heavy atom. The fraction of sp³-hybridized carbons (Fsp3) is 0.0952. The molecule has 3 rings (SSSR count). The summed E-state index contributed by atoms with van der Waals surface area (Å²) in [5.74, 6) is 0.256. The van der Waals surface area contributed by atoms with E-state index >= 15 is 0 Å². The van der Waals surface area contributed by atoms with Crippen molar-refractivity contribution >= 4 is 21.5 Å². The molecule has 0 aliphatic rings. The molecule has 0 saturated heterocycles. The molecule has 0 radical (unpaired) electrons. The van der Waals surface area contributed by atoms with Crippen LogP contribution < -0.4 is 14.2 Å². The van der Waals surface area contributed by atoms with Gasteiger partial charge in [0.15, 0.2) is 5.78 Å². The number of para-hydroxylation sites is 1. The lowest BCUT2D eigenvalue weighted by atomic mass is 10.0. The van der Waals surface area contributed by atoms with Crippen LogP contribution in [0.2, 0.25) is 0 Å². The van der Waals surface area contributed by atoms with Gasteiger partial charge in [-0.3, -0.25) is 9.52 Å². The molecular formula is C21H19NO5S. The molecule has 0 saturated carbocycles. The summed E-state index contributed by atoms with van der Waals surface area (Å²) < 4.78 is 38.8. The van der Waals surface area contributed by atoms with E-state index in [9.17, 15) is 13.2 Å². The lowest BCUT2D eigenvalue weighted by Gasteiger charge is -2.15. The molecule has 0 unspecified atom stereocenters. The van der Waals surface area contributed by atoms with Gasteiger partial charge in [-0.05, 0) is 24.3 Å². The Kier molecular flexibility index (Phi) is 5.65. The summed E-state index contributed by atoms with van der Waals surface area (Å²) in [6.45, 7) is 0. The summed E-state index contributed by atoms with van der Waals surface area (Å²) in [5, 5.41) is 0. The van der Waals surface area contributed by atoms with E-state index < -0.39 is 10.0 Å². The number of hydrogen-bond acceptors (Lipinski definition) is 5. The van der Waals surface area contributed by atoms with E-state index in [1.54, 1.807) is 60.7 Å². The van der Waals surface area contributed by atoms with Crippen molar-refractivity contribution in [2.24, 2.45) is 0 Å². The van der Waals surface area contributed by atoms with Gasteiger partial charge in [-0.15, -0.1) is 0 Å². The monoisotopic (exact) mass is 397 g/mol. The highest BCUT2D eigenvalue weighted by atomic mass is 32.2. The van der Waals surface area contributed by atoms with Crippen LogP contribution in [0, 0.1) is 0 Å². The first-order chi connectivity index (χ1) is 13.5. The number of benzene rings is 3. The van der Waals surface area contributed by atoms with Gasteiger partial charge in [-0.2, -0.15) is 0 Å². The lowest BCUT2D eigenvalue weighted by Crippen LogP contribution is -2.17. The number of rotatable bonds is 7. The van der Waals surface area contributed by atoms with Gasteiger partial charge in [-0.1, -0.05) is 42.5 Å². The molecule has 28 heavy (non-hydrogen) atoms. The van der Waals surface area contributed by atoms with Gasteiger partial charge in [0.25, 0.3) is 10.0 Å². The van der Waals surface area contributed by atoms with E-state index in [-0.39, 0.29) is 27.7 Å². The second-order valence-electron chi connectivity index (χ2n) is 5.86. The van der Waals surface area contributed by atoms with Crippen LogP contribution in [0.15, 0.2) is 77.7 Å². The van der Waals surface area contributed by atoms with E-state index in [4.69, 9.17) is 9.47 Å². The fourth-order valence-corrected chi connectivity index (χ4v) is 3.97. The fourth-order valence-electron chi connectivity index (χ4n) is 2.71. The highest BCUT2D eigenvalue weighted by Crippen LogP contribution is 2.30. The number of hydrogen-bond donors (Lipinski definition) is 1. The van der Waals surface area contributed by atoms with Crippen molar-refractivity contribution in [1.82, 2.24) is 0 Å². The number of sulfonamides is 1. The average molecular weight is 397 g/mol. The summed E-state index contributed by atoms with van der Waals surface area (Å²) >= 11 is 0. The molecule has 0 aliphatic heterocycles. The Labute approximate surface area is 163 Å². The molecule has 0 aliphatic carbocycles. The molecule has 0 fully saturated rings. The minimum Gasteiger partial charge on any atom is -0.497 e. The first-order valence-corrected chi connectivity index (χ1v) is 9.88. The number of anilines is 1. The summed E-state index contributed by atoms with van der Waals surface area (Å²) in [4.78, 5) is 12.7. The average Bonchev–Trinajstić information content (AvgIpc) is 2.73. The SMILES string of the molecule is COc1ccc(OC)c(S(=O)(=O)Nc2ccccc2C(=O)c2ccccc2)c1. The van der Waals surface area contributed by atoms with E-state index in [1.165, 1.54) is 26.4 Å². The maximum Gasteiger partial charge on any atom is 0.265 e. The molecule has 0 amide bonds. The van der Waals surface area contributed by atoms with Gasteiger partial charge in [0.1, 0.15) is 16.4 Å². The molecule has 6 nitrogen and oxygen atoms in total. The highest BCUT2D eigenvalue weighted by Gasteiger charge is 2.23. The van der Waals surface area contributed by atoms with E-state index in [1.807, 2.05) is 0 Å². The Hall–Kier alpha value is -3.32. The predicted molar refractivity (Wildman–Crippen MR) is 107 cm³/mol. The van der Waals surface area contributed by atoms with Gasteiger partial charge < -0.3 is 9.47 Å². The topological polar surface area (TPSA) is 81.7 Å². The Balaban J connectivity index is 2.02. The van der Waals surface area contributed by atoms with Crippen LogP contribution in [0.3, 0.4) is 0 Å². The van der Waals surface area contributed by atoms with Gasteiger partial charge in [0.05, 0.1) is 19.9 Å². The zero-order valence-corrected chi connectivity index (χ0v) is 16.2. The molecular weight excluding hydrogens is 378 g/mol. The van der Waals surface area contributed by atoms with Crippen molar-refractivity contribution in [3.63, 3.8) is 0 Å². The van der Waals surface area contributed by atoms with Crippen LogP contribution in [0.4, 0.5) is 5.69 Å². The third-order valence-corrected chi connectivity index (χ3v) is 5.50. The summed E-state index contributed by atoms with van der Waals surface area (Å²) in [6.07, 6.45) is 0. The van der Waals surface area contributed by atoms with E-state index in [0.717, 1.165) is 0 Å². The molecule has 0 bridgehead atoms. The first-order valence-electron chi connectivity index (χ1n) is 8.40. The van der Waals surface area contributed by atoms with Crippen LogP contribution in [0.25, 0.3) is 0 Å². The van der Waals surface area contributed by atoms with Gasteiger partial charge >= 0.3 is 0 Å². The van der Waals surface area contributed by atoms with Gasteiger partial charge in [0.2, 0.25) is 0 Å². The number of carbonyl (C=O) groups excluding carboxylic acids is 1. The number of carbonyl (C=O) groups is 1. The maximum atomic E-state index is 13.0. The zero-order chi connectivity index (χ0) is 20.1. The molecule has 0 spiro atoms. The van der Waals surface area contributed by atoms with Crippen LogP contribution in [-0.4, -0.2) is 28.4 Å². The largest absolute Gasteiger partial charge is 0.497 e.